The van der Waals surface area contributed by atoms with E-state index in [2.05, 4.69) is 16.4 Å². The summed E-state index contributed by atoms with van der Waals surface area (Å²) in [4.78, 5) is 11.7. The summed E-state index contributed by atoms with van der Waals surface area (Å²) in [5.41, 5.74) is 3.48. The van der Waals surface area contributed by atoms with E-state index in [0.717, 1.165) is 5.56 Å². The number of terminal acetylenes is 1. The van der Waals surface area contributed by atoms with Gasteiger partial charge in [-0.2, -0.15) is 5.10 Å². The fourth-order valence-electron chi connectivity index (χ4n) is 1.61. The first-order valence-electron chi connectivity index (χ1n) is 6.44. The van der Waals surface area contributed by atoms with E-state index in [9.17, 15) is 9.18 Å². The van der Waals surface area contributed by atoms with Crippen molar-refractivity contribution in [2.75, 3.05) is 6.61 Å². The smallest absolute Gasteiger partial charge is 0.271 e. The van der Waals surface area contributed by atoms with Crippen LogP contribution in [0.2, 0.25) is 0 Å². The van der Waals surface area contributed by atoms with Gasteiger partial charge in [-0.05, 0) is 54.1 Å². The maximum absolute atomic E-state index is 12.8. The third-order valence-electron chi connectivity index (χ3n) is 2.69. The third-order valence-corrected chi connectivity index (χ3v) is 2.69. The number of rotatable bonds is 5. The summed E-state index contributed by atoms with van der Waals surface area (Å²) in [5.74, 6) is 2.23. The number of halogens is 1. The molecule has 0 aromatic heterocycles. The van der Waals surface area contributed by atoms with Crippen molar-refractivity contribution in [1.29, 1.82) is 0 Å². The molecule has 0 radical (unpaired) electrons. The Morgan fingerprint density at radius 2 is 1.91 bits per heavy atom. The first kappa shape index (κ1) is 15.3. The number of ether oxygens (including phenoxy) is 1. The highest BCUT2D eigenvalue weighted by molar-refractivity contribution is 5.94. The van der Waals surface area contributed by atoms with Crippen LogP contribution in [0.5, 0.6) is 5.75 Å². The highest BCUT2D eigenvalue weighted by Crippen LogP contribution is 2.10. The van der Waals surface area contributed by atoms with Gasteiger partial charge in [-0.1, -0.05) is 5.92 Å². The van der Waals surface area contributed by atoms with E-state index in [4.69, 9.17) is 11.2 Å². The Morgan fingerprint density at radius 3 is 2.55 bits per heavy atom. The second-order valence-electron chi connectivity index (χ2n) is 4.27. The maximum atomic E-state index is 12.8. The van der Waals surface area contributed by atoms with Gasteiger partial charge in [-0.15, -0.1) is 6.42 Å². The highest BCUT2D eigenvalue weighted by atomic mass is 19.1. The van der Waals surface area contributed by atoms with E-state index in [1.165, 1.54) is 30.5 Å². The van der Waals surface area contributed by atoms with Crippen LogP contribution in [0, 0.1) is 18.2 Å². The Kier molecular flexibility index (Phi) is 5.27. The molecule has 2 aromatic carbocycles. The fraction of sp³-hybridized carbons (Fsp3) is 0.0588. The monoisotopic (exact) mass is 296 g/mol. The quantitative estimate of drug-likeness (QED) is 0.524. The van der Waals surface area contributed by atoms with Crippen molar-refractivity contribution in [2.45, 2.75) is 0 Å². The van der Waals surface area contributed by atoms with Crippen LogP contribution in [0.15, 0.2) is 53.6 Å². The van der Waals surface area contributed by atoms with Gasteiger partial charge in [0, 0.05) is 5.56 Å². The molecule has 4 nitrogen and oxygen atoms in total. The summed E-state index contributed by atoms with van der Waals surface area (Å²) in [7, 11) is 0. The molecule has 2 rings (SSSR count). The summed E-state index contributed by atoms with van der Waals surface area (Å²) in [6, 6.07) is 12.3. The molecule has 0 saturated carbocycles. The first-order chi connectivity index (χ1) is 10.7. The number of hydrogen-bond donors (Lipinski definition) is 1. The zero-order valence-electron chi connectivity index (χ0n) is 11.6. The summed E-state index contributed by atoms with van der Waals surface area (Å²) in [6.07, 6.45) is 6.59. The lowest BCUT2D eigenvalue weighted by atomic mass is 10.2. The van der Waals surface area contributed by atoms with Gasteiger partial charge in [0.05, 0.1) is 6.21 Å². The number of carbonyl (C=O) groups excluding carboxylic acids is 1. The second kappa shape index (κ2) is 7.60. The van der Waals surface area contributed by atoms with Crippen LogP contribution in [0.25, 0.3) is 0 Å². The number of amides is 1. The van der Waals surface area contributed by atoms with Gasteiger partial charge >= 0.3 is 0 Å². The molecule has 0 heterocycles. The van der Waals surface area contributed by atoms with Crippen molar-refractivity contribution in [3.8, 4) is 18.1 Å². The molecule has 1 N–H and O–H groups in total. The van der Waals surface area contributed by atoms with Gasteiger partial charge in [0.15, 0.2) is 0 Å². The lowest BCUT2D eigenvalue weighted by molar-refractivity contribution is 0.0955. The average Bonchev–Trinajstić information content (AvgIpc) is 2.54. The van der Waals surface area contributed by atoms with E-state index < -0.39 is 11.7 Å². The van der Waals surface area contributed by atoms with E-state index in [1.54, 1.807) is 24.3 Å². The largest absolute Gasteiger partial charge is 0.481 e. The molecule has 1 amide bonds. The van der Waals surface area contributed by atoms with Crippen molar-refractivity contribution in [3.05, 3.63) is 65.5 Å². The molecule has 0 spiro atoms. The Hall–Kier alpha value is -3.13. The van der Waals surface area contributed by atoms with E-state index in [1.807, 2.05) is 0 Å². The molecule has 0 atom stereocenters. The number of nitrogens with zero attached hydrogens (tertiary/aromatic N) is 1. The lowest BCUT2D eigenvalue weighted by Crippen LogP contribution is -2.17. The normalized spacial score (nSPS) is 10.2. The fourth-order valence-corrected chi connectivity index (χ4v) is 1.61. The molecule has 110 valence electrons. The molecule has 2 aromatic rings. The molecule has 0 aliphatic carbocycles. The second-order valence-corrected chi connectivity index (χ2v) is 4.27. The number of nitrogens with one attached hydrogen (secondary N) is 1. The molecule has 5 heteroatoms. The summed E-state index contributed by atoms with van der Waals surface area (Å²) in [6.45, 7) is 0.209. The molecular formula is C17H13FN2O2. The lowest BCUT2D eigenvalue weighted by Gasteiger charge is -2.02. The minimum Gasteiger partial charge on any atom is -0.481 e. The van der Waals surface area contributed by atoms with Crippen molar-refractivity contribution < 1.29 is 13.9 Å². The predicted molar refractivity (Wildman–Crippen MR) is 82.2 cm³/mol. The van der Waals surface area contributed by atoms with Gasteiger partial charge < -0.3 is 4.74 Å². The zero-order valence-corrected chi connectivity index (χ0v) is 11.6. The van der Waals surface area contributed by atoms with E-state index in [-0.39, 0.29) is 6.61 Å². The molecule has 22 heavy (non-hydrogen) atoms. The van der Waals surface area contributed by atoms with Crippen LogP contribution in [0.1, 0.15) is 15.9 Å². The minimum absolute atomic E-state index is 0.209. The Bertz CT molecular complexity index is 701. The highest BCUT2D eigenvalue weighted by Gasteiger charge is 2.03. The number of carbonyl (C=O) groups is 1. The van der Waals surface area contributed by atoms with Gasteiger partial charge in [0.2, 0.25) is 0 Å². The third kappa shape index (κ3) is 4.46. The number of hydrogen-bond acceptors (Lipinski definition) is 3. The van der Waals surface area contributed by atoms with Crippen molar-refractivity contribution >= 4 is 12.1 Å². The Balaban J connectivity index is 1.90. The van der Waals surface area contributed by atoms with Crippen molar-refractivity contribution in [1.82, 2.24) is 5.43 Å². The van der Waals surface area contributed by atoms with Crippen LogP contribution in [-0.2, 0) is 0 Å². The Morgan fingerprint density at radius 1 is 1.23 bits per heavy atom. The van der Waals surface area contributed by atoms with E-state index >= 15 is 0 Å². The molecule has 0 aliphatic heterocycles. The van der Waals surface area contributed by atoms with Crippen molar-refractivity contribution in [3.63, 3.8) is 0 Å². The van der Waals surface area contributed by atoms with Crippen LogP contribution >= 0.6 is 0 Å². The van der Waals surface area contributed by atoms with Gasteiger partial charge in [-0.25, -0.2) is 9.82 Å². The molecule has 0 bridgehead atoms. The predicted octanol–water partition coefficient (Wildman–Crippen LogP) is 2.60. The number of benzene rings is 2. The summed E-state index contributed by atoms with van der Waals surface area (Å²) in [5, 5.41) is 3.84. The molecule has 0 saturated heterocycles. The standard InChI is InChI=1S/C17H13FN2O2/c1-2-11-22-16-9-3-13(4-10-16)12-19-20-17(21)14-5-7-15(18)8-6-14/h1,3-10,12H,11H2,(H,20,21)/b19-12-. The van der Waals surface area contributed by atoms with Crippen LogP contribution < -0.4 is 10.2 Å². The number of hydrazone groups is 1. The van der Waals surface area contributed by atoms with Gasteiger partial charge in [-0.3, -0.25) is 4.79 Å². The van der Waals surface area contributed by atoms with E-state index in [0.29, 0.717) is 11.3 Å². The van der Waals surface area contributed by atoms with Crippen LogP contribution in [0.3, 0.4) is 0 Å². The molecule has 0 aliphatic rings. The summed E-state index contributed by atoms with van der Waals surface area (Å²) < 4.78 is 18.0. The maximum Gasteiger partial charge on any atom is 0.271 e. The van der Waals surface area contributed by atoms with Gasteiger partial charge in [0.25, 0.3) is 5.91 Å². The van der Waals surface area contributed by atoms with Crippen LogP contribution in [-0.4, -0.2) is 18.7 Å². The Labute approximate surface area is 127 Å². The zero-order chi connectivity index (χ0) is 15.8. The average molecular weight is 296 g/mol. The summed E-state index contributed by atoms with van der Waals surface area (Å²) >= 11 is 0. The molecule has 0 unspecified atom stereocenters. The molecule has 0 fully saturated rings. The first-order valence-corrected chi connectivity index (χ1v) is 6.44. The SMILES string of the molecule is C#CCOc1ccc(/C=N\NC(=O)c2ccc(F)cc2)cc1. The molecular weight excluding hydrogens is 283 g/mol. The van der Waals surface area contributed by atoms with Crippen molar-refractivity contribution in [2.24, 2.45) is 5.10 Å². The van der Waals surface area contributed by atoms with Crippen LogP contribution in [0.4, 0.5) is 4.39 Å². The topological polar surface area (TPSA) is 50.7 Å². The van der Waals surface area contributed by atoms with Gasteiger partial charge in [0.1, 0.15) is 18.2 Å². The minimum atomic E-state index is -0.412.